The van der Waals surface area contributed by atoms with Crippen LogP contribution in [0.4, 0.5) is 0 Å². The third-order valence-corrected chi connectivity index (χ3v) is 4.68. The summed E-state index contributed by atoms with van der Waals surface area (Å²) in [7, 11) is 0. The highest BCUT2D eigenvalue weighted by atomic mass is 127. The van der Waals surface area contributed by atoms with Crippen LogP contribution in [0.5, 0.6) is 0 Å². The second kappa shape index (κ2) is 3.52. The summed E-state index contributed by atoms with van der Waals surface area (Å²) in [6.45, 7) is 0. The summed E-state index contributed by atoms with van der Waals surface area (Å²) < 4.78 is 1.03. The van der Waals surface area contributed by atoms with Crippen molar-refractivity contribution in [3.8, 4) is 0 Å². The predicted octanol–water partition coefficient (Wildman–Crippen LogP) is 3.22. The van der Waals surface area contributed by atoms with Crippen molar-refractivity contribution in [2.45, 2.75) is 18.3 Å². The zero-order valence-electron chi connectivity index (χ0n) is 7.98. The van der Waals surface area contributed by atoms with Gasteiger partial charge in [0.05, 0.1) is 0 Å². The number of halogens is 1. The number of nitrogens with zero attached hydrogens (tertiary/aromatic N) is 2. The average Bonchev–Trinajstić information content (AvgIpc) is 2.98. The van der Waals surface area contributed by atoms with Gasteiger partial charge in [0.1, 0.15) is 5.01 Å². The van der Waals surface area contributed by atoms with Crippen LogP contribution in [0.3, 0.4) is 0 Å². The molecule has 1 saturated carbocycles. The summed E-state index contributed by atoms with van der Waals surface area (Å²) in [5.41, 5.74) is 1.58. The molecule has 4 heteroatoms. The highest BCUT2D eigenvalue weighted by Crippen LogP contribution is 2.54. The van der Waals surface area contributed by atoms with E-state index < -0.39 is 0 Å². The molecule has 2 aromatic rings. The number of rotatable bonds is 2. The fraction of sp³-hybridized carbons (Fsp3) is 0.273. The van der Waals surface area contributed by atoms with E-state index in [0.717, 1.165) is 3.01 Å². The van der Waals surface area contributed by atoms with E-state index in [9.17, 15) is 0 Å². The first-order valence-electron chi connectivity index (χ1n) is 4.86. The SMILES string of the molecule is Ic1nnc(C2(c3ccccc3)CC2)s1. The molecule has 0 atom stereocenters. The van der Waals surface area contributed by atoms with Crippen LogP contribution in [-0.4, -0.2) is 10.2 Å². The van der Waals surface area contributed by atoms with E-state index in [-0.39, 0.29) is 5.41 Å². The van der Waals surface area contributed by atoms with Gasteiger partial charge in [-0.2, -0.15) is 0 Å². The summed E-state index contributed by atoms with van der Waals surface area (Å²) in [5, 5.41) is 9.57. The van der Waals surface area contributed by atoms with Crippen LogP contribution in [0, 0.1) is 3.01 Å². The summed E-state index contributed by atoms with van der Waals surface area (Å²) in [4.78, 5) is 0. The number of aromatic nitrogens is 2. The van der Waals surface area contributed by atoms with Gasteiger partial charge in [-0.05, 0) is 41.0 Å². The first-order valence-corrected chi connectivity index (χ1v) is 6.76. The lowest BCUT2D eigenvalue weighted by molar-refractivity contribution is 0.805. The van der Waals surface area contributed by atoms with Gasteiger partial charge in [-0.15, -0.1) is 10.2 Å². The molecule has 0 aliphatic heterocycles. The molecule has 1 aliphatic carbocycles. The molecule has 0 radical (unpaired) electrons. The molecule has 15 heavy (non-hydrogen) atoms. The van der Waals surface area contributed by atoms with Crippen LogP contribution in [0.1, 0.15) is 23.4 Å². The maximum absolute atomic E-state index is 4.29. The van der Waals surface area contributed by atoms with E-state index in [2.05, 4.69) is 63.1 Å². The van der Waals surface area contributed by atoms with Gasteiger partial charge < -0.3 is 0 Å². The minimum atomic E-state index is 0.197. The van der Waals surface area contributed by atoms with Gasteiger partial charge in [0.25, 0.3) is 0 Å². The quantitative estimate of drug-likeness (QED) is 0.791. The topological polar surface area (TPSA) is 25.8 Å². The molecule has 1 fully saturated rings. The van der Waals surface area contributed by atoms with Gasteiger partial charge in [-0.3, -0.25) is 0 Å². The molecule has 1 heterocycles. The third kappa shape index (κ3) is 1.59. The molecule has 0 spiro atoms. The Labute approximate surface area is 106 Å². The van der Waals surface area contributed by atoms with E-state index >= 15 is 0 Å². The first-order chi connectivity index (χ1) is 7.31. The molecule has 0 amide bonds. The predicted molar refractivity (Wildman–Crippen MR) is 69.1 cm³/mol. The fourth-order valence-electron chi connectivity index (χ4n) is 1.91. The summed E-state index contributed by atoms with van der Waals surface area (Å²) in [6.07, 6.45) is 2.42. The minimum absolute atomic E-state index is 0.197. The standard InChI is InChI=1S/C11H9IN2S/c12-10-14-13-9(15-10)11(6-7-11)8-4-2-1-3-5-8/h1-5H,6-7H2. The lowest BCUT2D eigenvalue weighted by Crippen LogP contribution is -2.07. The monoisotopic (exact) mass is 328 g/mol. The maximum Gasteiger partial charge on any atom is 0.178 e. The van der Waals surface area contributed by atoms with Gasteiger partial charge in [-0.1, -0.05) is 41.7 Å². The Morgan fingerprint density at radius 3 is 2.40 bits per heavy atom. The third-order valence-electron chi connectivity index (χ3n) is 2.89. The second-order valence-corrected chi connectivity index (χ2v) is 6.54. The number of benzene rings is 1. The van der Waals surface area contributed by atoms with Crippen molar-refractivity contribution in [3.05, 3.63) is 43.9 Å². The summed E-state index contributed by atoms with van der Waals surface area (Å²) >= 11 is 3.95. The zero-order chi connectivity index (χ0) is 10.3. The fourth-order valence-corrected chi connectivity index (χ4v) is 3.48. The molecule has 0 N–H and O–H groups in total. The molecule has 2 nitrogen and oxygen atoms in total. The highest BCUT2D eigenvalue weighted by Gasteiger charge is 2.48. The van der Waals surface area contributed by atoms with Crippen LogP contribution < -0.4 is 0 Å². The van der Waals surface area contributed by atoms with Crippen LogP contribution in [-0.2, 0) is 5.41 Å². The Hall–Kier alpha value is -0.490. The molecule has 1 aromatic heterocycles. The Morgan fingerprint density at radius 1 is 1.13 bits per heavy atom. The van der Waals surface area contributed by atoms with Crippen LogP contribution >= 0.6 is 33.9 Å². The van der Waals surface area contributed by atoms with Gasteiger partial charge >= 0.3 is 0 Å². The first kappa shape index (κ1) is 9.72. The van der Waals surface area contributed by atoms with Gasteiger partial charge in [0.2, 0.25) is 0 Å². The van der Waals surface area contributed by atoms with Gasteiger partial charge in [0, 0.05) is 5.41 Å². The summed E-state index contributed by atoms with van der Waals surface area (Å²) in [6, 6.07) is 10.6. The Bertz CT molecular complexity index is 476. The Kier molecular flexibility index (Phi) is 2.28. The van der Waals surface area contributed by atoms with Crippen LogP contribution in [0.15, 0.2) is 30.3 Å². The molecule has 1 aliphatic rings. The molecule has 0 unspecified atom stereocenters. The lowest BCUT2D eigenvalue weighted by atomic mass is 9.97. The van der Waals surface area contributed by atoms with Crippen LogP contribution in [0.2, 0.25) is 0 Å². The van der Waals surface area contributed by atoms with Crippen LogP contribution in [0.25, 0.3) is 0 Å². The van der Waals surface area contributed by atoms with Crippen molar-refractivity contribution in [1.82, 2.24) is 10.2 Å². The molecule has 76 valence electrons. The van der Waals surface area contributed by atoms with E-state index in [1.165, 1.54) is 23.4 Å². The van der Waals surface area contributed by atoms with E-state index in [1.54, 1.807) is 11.3 Å². The Balaban J connectivity index is 2.05. The maximum atomic E-state index is 4.29. The molecule has 3 rings (SSSR count). The number of hydrogen-bond donors (Lipinski definition) is 0. The van der Waals surface area contributed by atoms with Crippen molar-refractivity contribution < 1.29 is 0 Å². The van der Waals surface area contributed by atoms with Crippen molar-refractivity contribution in [2.24, 2.45) is 0 Å². The van der Waals surface area contributed by atoms with E-state index in [0.29, 0.717) is 0 Å². The second-order valence-electron chi connectivity index (χ2n) is 3.81. The molecular weight excluding hydrogens is 319 g/mol. The normalized spacial score (nSPS) is 17.7. The smallest absolute Gasteiger partial charge is 0.142 e. The van der Waals surface area contributed by atoms with Crippen molar-refractivity contribution >= 4 is 33.9 Å². The van der Waals surface area contributed by atoms with Crippen molar-refractivity contribution in [2.75, 3.05) is 0 Å². The Morgan fingerprint density at radius 2 is 1.87 bits per heavy atom. The van der Waals surface area contributed by atoms with E-state index in [4.69, 9.17) is 0 Å². The average molecular weight is 328 g/mol. The molecule has 0 bridgehead atoms. The lowest BCUT2D eigenvalue weighted by Gasteiger charge is -2.10. The zero-order valence-corrected chi connectivity index (χ0v) is 11.0. The molecular formula is C11H9IN2S. The largest absolute Gasteiger partial charge is 0.178 e. The minimum Gasteiger partial charge on any atom is -0.142 e. The summed E-state index contributed by atoms with van der Waals surface area (Å²) in [5.74, 6) is 0. The molecule has 0 saturated heterocycles. The molecule has 1 aromatic carbocycles. The van der Waals surface area contributed by atoms with Crippen molar-refractivity contribution in [3.63, 3.8) is 0 Å². The van der Waals surface area contributed by atoms with Crippen molar-refractivity contribution in [1.29, 1.82) is 0 Å². The highest BCUT2D eigenvalue weighted by molar-refractivity contribution is 14.1. The van der Waals surface area contributed by atoms with Gasteiger partial charge in [-0.25, -0.2) is 0 Å². The van der Waals surface area contributed by atoms with E-state index in [1.807, 2.05) is 0 Å². The van der Waals surface area contributed by atoms with Gasteiger partial charge in [0.15, 0.2) is 3.01 Å². The number of hydrogen-bond acceptors (Lipinski definition) is 3.